The summed E-state index contributed by atoms with van der Waals surface area (Å²) in [6.45, 7) is 1.31. The van der Waals surface area contributed by atoms with Crippen LogP contribution in [0.4, 0.5) is 0 Å². The summed E-state index contributed by atoms with van der Waals surface area (Å²) in [5.74, 6) is 0.454. The number of hydrogen-bond acceptors (Lipinski definition) is 3. The molecule has 0 unspecified atom stereocenters. The molecule has 2 aliphatic heterocycles. The first kappa shape index (κ1) is 17.9. The molecule has 0 spiro atoms. The van der Waals surface area contributed by atoms with E-state index in [1.807, 2.05) is 40.8 Å². The van der Waals surface area contributed by atoms with Crippen molar-refractivity contribution in [3.05, 3.63) is 88.4 Å². The second-order valence-corrected chi connectivity index (χ2v) is 8.21. The SMILES string of the molecule is Cn1cncc1C(=O)N1C[C@H]2C[C@@H](C1)[C@H](Cc1ccccc1)n1c2cccc1=O. The standard InChI is InChI=1S/C23H24N4O2/c1-25-15-24-12-21(25)23(29)26-13-17-11-18(14-26)20(10-16-6-3-2-4-7-16)27-19(17)8-5-9-22(27)28/h2-9,12,15,17-18,20H,10-11,13-14H2,1H3/t17-,18+,20+/m1/s1. The molecule has 1 amide bonds. The summed E-state index contributed by atoms with van der Waals surface area (Å²) >= 11 is 0. The van der Waals surface area contributed by atoms with Crippen molar-refractivity contribution in [3.63, 3.8) is 0 Å². The monoisotopic (exact) mass is 388 g/mol. The van der Waals surface area contributed by atoms with Crippen LogP contribution < -0.4 is 5.56 Å². The highest BCUT2D eigenvalue weighted by Gasteiger charge is 2.42. The van der Waals surface area contributed by atoms with Crippen LogP contribution in [0.2, 0.25) is 0 Å². The van der Waals surface area contributed by atoms with Crippen molar-refractivity contribution in [2.45, 2.75) is 24.8 Å². The zero-order valence-corrected chi connectivity index (χ0v) is 16.4. The Labute approximate surface area is 169 Å². The van der Waals surface area contributed by atoms with Gasteiger partial charge in [0.25, 0.3) is 11.5 Å². The van der Waals surface area contributed by atoms with Crippen LogP contribution in [0.15, 0.2) is 65.8 Å². The molecule has 3 aromatic rings. The number of rotatable bonds is 3. The van der Waals surface area contributed by atoms with Gasteiger partial charge in [-0.25, -0.2) is 4.98 Å². The minimum atomic E-state index is 0.0184. The molecule has 2 aliphatic rings. The lowest BCUT2D eigenvalue weighted by atomic mass is 9.76. The van der Waals surface area contributed by atoms with Crippen molar-refractivity contribution < 1.29 is 4.79 Å². The first-order chi connectivity index (χ1) is 14.1. The molecule has 29 heavy (non-hydrogen) atoms. The number of carbonyl (C=O) groups is 1. The molecule has 0 aliphatic carbocycles. The van der Waals surface area contributed by atoms with E-state index in [4.69, 9.17) is 0 Å². The van der Waals surface area contributed by atoms with Gasteiger partial charge in [-0.3, -0.25) is 9.59 Å². The van der Waals surface area contributed by atoms with Crippen LogP contribution in [0.3, 0.4) is 0 Å². The quantitative estimate of drug-likeness (QED) is 0.693. The van der Waals surface area contributed by atoms with Gasteiger partial charge in [-0.1, -0.05) is 36.4 Å². The average Bonchev–Trinajstić information content (AvgIpc) is 3.17. The molecule has 5 rings (SSSR count). The van der Waals surface area contributed by atoms with Crippen molar-refractivity contribution in [3.8, 4) is 0 Å². The number of nitrogens with zero attached hydrogens (tertiary/aromatic N) is 4. The van der Waals surface area contributed by atoms with E-state index in [1.54, 1.807) is 23.2 Å². The molecule has 0 radical (unpaired) electrons. The van der Waals surface area contributed by atoms with Gasteiger partial charge in [-0.05, 0) is 30.4 Å². The Kier molecular flexibility index (Phi) is 4.34. The molecule has 6 heteroatoms. The number of aryl methyl sites for hydroxylation is 1. The minimum absolute atomic E-state index is 0.0184. The van der Waals surface area contributed by atoms with Crippen LogP contribution >= 0.6 is 0 Å². The summed E-state index contributed by atoms with van der Waals surface area (Å²) < 4.78 is 3.77. The van der Waals surface area contributed by atoms with Gasteiger partial charge in [0.2, 0.25) is 0 Å². The van der Waals surface area contributed by atoms with Gasteiger partial charge < -0.3 is 14.0 Å². The van der Waals surface area contributed by atoms with E-state index in [-0.39, 0.29) is 29.3 Å². The van der Waals surface area contributed by atoms with Crippen LogP contribution in [-0.2, 0) is 13.5 Å². The zero-order valence-electron chi connectivity index (χ0n) is 16.4. The summed E-state index contributed by atoms with van der Waals surface area (Å²) in [6.07, 6.45) is 5.09. The zero-order chi connectivity index (χ0) is 20.0. The van der Waals surface area contributed by atoms with Gasteiger partial charge in [-0.2, -0.15) is 0 Å². The number of aromatic nitrogens is 3. The Bertz CT molecular complexity index is 1100. The van der Waals surface area contributed by atoms with E-state index >= 15 is 0 Å². The first-order valence-electron chi connectivity index (χ1n) is 10.1. The second-order valence-electron chi connectivity index (χ2n) is 8.21. The van der Waals surface area contributed by atoms with Crippen LogP contribution in [0, 0.1) is 5.92 Å². The van der Waals surface area contributed by atoms with Crippen LogP contribution in [0.25, 0.3) is 0 Å². The number of fused-ring (bicyclic) bond motifs is 4. The number of imidazole rings is 1. The fraction of sp³-hybridized carbons (Fsp3) is 0.348. The van der Waals surface area contributed by atoms with Crippen LogP contribution in [0.1, 0.15) is 40.1 Å². The molecule has 2 bridgehead atoms. The first-order valence-corrected chi connectivity index (χ1v) is 10.1. The van der Waals surface area contributed by atoms with Crippen molar-refractivity contribution in [2.24, 2.45) is 13.0 Å². The molecular formula is C23H24N4O2. The van der Waals surface area contributed by atoms with Crippen LogP contribution in [0.5, 0.6) is 0 Å². The fourth-order valence-corrected chi connectivity index (χ4v) is 5.05. The Morgan fingerprint density at radius 3 is 2.69 bits per heavy atom. The average molecular weight is 388 g/mol. The summed E-state index contributed by atoms with van der Waals surface area (Å²) in [7, 11) is 1.85. The number of carbonyl (C=O) groups excluding carboxylic acids is 1. The maximum absolute atomic E-state index is 13.2. The molecule has 1 saturated heterocycles. The Morgan fingerprint density at radius 2 is 1.93 bits per heavy atom. The molecule has 4 heterocycles. The van der Waals surface area contributed by atoms with E-state index in [1.165, 1.54) is 5.56 Å². The fourth-order valence-electron chi connectivity index (χ4n) is 5.05. The molecule has 2 aromatic heterocycles. The predicted octanol–water partition coefficient (Wildman–Crippen LogP) is 2.63. The maximum atomic E-state index is 13.2. The summed E-state index contributed by atoms with van der Waals surface area (Å²) in [4.78, 5) is 32.0. The number of hydrogen-bond donors (Lipinski definition) is 0. The summed E-state index contributed by atoms with van der Waals surface area (Å²) in [5, 5.41) is 0. The van der Waals surface area contributed by atoms with E-state index in [9.17, 15) is 9.59 Å². The summed E-state index contributed by atoms with van der Waals surface area (Å²) in [6, 6.07) is 15.9. The molecule has 3 atom stereocenters. The highest BCUT2D eigenvalue weighted by molar-refractivity contribution is 5.92. The number of pyridine rings is 1. The highest BCUT2D eigenvalue weighted by Crippen LogP contribution is 2.42. The third-order valence-corrected chi connectivity index (χ3v) is 6.41. The number of amides is 1. The van der Waals surface area contributed by atoms with Gasteiger partial charge in [0, 0.05) is 43.9 Å². The van der Waals surface area contributed by atoms with Gasteiger partial charge >= 0.3 is 0 Å². The Morgan fingerprint density at radius 1 is 1.10 bits per heavy atom. The largest absolute Gasteiger partial charge is 0.336 e. The number of likely N-dealkylation sites (tertiary alicyclic amines) is 1. The molecule has 0 saturated carbocycles. The van der Waals surface area contributed by atoms with E-state index in [0.29, 0.717) is 18.8 Å². The normalized spacial score (nSPS) is 22.9. The Balaban J connectivity index is 1.53. The van der Waals surface area contributed by atoms with E-state index < -0.39 is 0 Å². The smallest absolute Gasteiger partial charge is 0.272 e. The predicted molar refractivity (Wildman–Crippen MR) is 110 cm³/mol. The lowest BCUT2D eigenvalue weighted by Gasteiger charge is -2.47. The molecule has 0 N–H and O–H groups in total. The maximum Gasteiger partial charge on any atom is 0.272 e. The van der Waals surface area contributed by atoms with Gasteiger partial charge in [0.15, 0.2) is 0 Å². The van der Waals surface area contributed by atoms with Gasteiger partial charge in [0.1, 0.15) is 5.69 Å². The number of piperidine rings is 1. The van der Waals surface area contributed by atoms with Crippen LogP contribution in [-0.4, -0.2) is 38.0 Å². The van der Waals surface area contributed by atoms with E-state index in [2.05, 4.69) is 23.2 Å². The molecular weight excluding hydrogens is 364 g/mol. The van der Waals surface area contributed by atoms with Gasteiger partial charge in [0.05, 0.1) is 12.5 Å². The van der Waals surface area contributed by atoms with Crippen molar-refractivity contribution in [2.75, 3.05) is 13.1 Å². The lowest BCUT2D eigenvalue weighted by molar-refractivity contribution is 0.0520. The third kappa shape index (κ3) is 3.09. The second kappa shape index (κ2) is 7.03. The van der Waals surface area contributed by atoms with Crippen molar-refractivity contribution in [1.82, 2.24) is 19.0 Å². The van der Waals surface area contributed by atoms with Crippen molar-refractivity contribution >= 4 is 5.91 Å². The van der Waals surface area contributed by atoms with E-state index in [0.717, 1.165) is 18.5 Å². The minimum Gasteiger partial charge on any atom is -0.336 e. The Hall–Kier alpha value is -3.15. The van der Waals surface area contributed by atoms with Gasteiger partial charge in [-0.15, -0.1) is 0 Å². The molecule has 148 valence electrons. The van der Waals surface area contributed by atoms with Crippen molar-refractivity contribution in [1.29, 1.82) is 0 Å². The topological polar surface area (TPSA) is 60.1 Å². The summed E-state index contributed by atoms with van der Waals surface area (Å²) in [5.41, 5.74) is 2.93. The molecule has 6 nitrogen and oxygen atoms in total. The molecule has 1 fully saturated rings. The highest BCUT2D eigenvalue weighted by atomic mass is 16.2. The lowest BCUT2D eigenvalue weighted by Crippen LogP contribution is -2.51. The number of benzene rings is 1. The third-order valence-electron chi connectivity index (χ3n) is 6.41. The molecule has 1 aromatic carbocycles.